The van der Waals surface area contributed by atoms with Crippen LogP contribution >= 0.6 is 0 Å². The second-order valence-electron chi connectivity index (χ2n) is 11.8. The number of fused-ring (bicyclic) bond motifs is 1. The van der Waals surface area contributed by atoms with Gasteiger partial charge in [-0.15, -0.1) is 0 Å². The first-order valence-corrected chi connectivity index (χ1v) is 16.6. The summed E-state index contributed by atoms with van der Waals surface area (Å²) in [4.78, 5) is 28.6. The summed E-state index contributed by atoms with van der Waals surface area (Å²) in [5.41, 5.74) is 0.0371. The lowest BCUT2D eigenvalue weighted by Gasteiger charge is -2.41. The lowest BCUT2D eigenvalue weighted by atomic mass is 9.91. The number of hydrogen-bond acceptors (Lipinski definition) is 12. The van der Waals surface area contributed by atoms with Crippen LogP contribution in [0, 0.1) is 0 Å². The van der Waals surface area contributed by atoms with Crippen molar-refractivity contribution in [2.45, 2.75) is 50.9 Å². The third-order valence-corrected chi connectivity index (χ3v) is 8.69. The summed E-state index contributed by atoms with van der Waals surface area (Å²) in [6, 6.07) is 7.45. The maximum absolute atomic E-state index is 15.3. The van der Waals surface area contributed by atoms with E-state index in [2.05, 4.69) is 34.1 Å². The van der Waals surface area contributed by atoms with Crippen LogP contribution in [0.2, 0.25) is 0 Å². The van der Waals surface area contributed by atoms with Gasteiger partial charge in [0.15, 0.2) is 0 Å². The molecule has 4 heterocycles. The minimum absolute atomic E-state index is 0.0125. The second kappa shape index (κ2) is 13.3. The van der Waals surface area contributed by atoms with E-state index in [1.54, 1.807) is 37.3 Å². The Morgan fingerprint density at radius 2 is 1.98 bits per heavy atom. The van der Waals surface area contributed by atoms with E-state index < -0.39 is 21.9 Å². The fraction of sp³-hybridized carbons (Fsp3) is 0.533. The number of halogens is 1. The number of piperidine rings is 1. The normalized spacial score (nSPS) is 22.2. The molecule has 5 rings (SSSR count). The highest BCUT2D eigenvalue weighted by molar-refractivity contribution is 7.85. The van der Waals surface area contributed by atoms with Crippen LogP contribution in [0.3, 0.4) is 0 Å². The number of alkyl halides is 1. The number of amides is 1. The summed E-state index contributed by atoms with van der Waals surface area (Å²) in [7, 11) is -1.90. The van der Waals surface area contributed by atoms with Gasteiger partial charge in [0, 0.05) is 31.4 Å². The van der Waals surface area contributed by atoms with Crippen molar-refractivity contribution in [2.24, 2.45) is 0 Å². The van der Waals surface area contributed by atoms with Crippen molar-refractivity contribution in [2.75, 3.05) is 63.0 Å². The molecule has 3 aromatic rings. The molecule has 1 N–H and O–H groups in total. The molecule has 2 aliphatic heterocycles. The lowest BCUT2D eigenvalue weighted by Crippen LogP contribution is -2.54. The second-order valence-corrected chi connectivity index (χ2v) is 13.4. The van der Waals surface area contributed by atoms with Gasteiger partial charge in [0.05, 0.1) is 26.0 Å². The quantitative estimate of drug-likeness (QED) is 0.224. The molecule has 45 heavy (non-hydrogen) atoms. The molecule has 1 aromatic carbocycles. The molecule has 2 aliphatic rings. The van der Waals surface area contributed by atoms with Crippen LogP contribution in [0.4, 0.5) is 26.8 Å². The third kappa shape index (κ3) is 7.71. The first-order valence-electron chi connectivity index (χ1n) is 14.8. The molecule has 0 radical (unpaired) electrons. The van der Waals surface area contributed by atoms with Crippen molar-refractivity contribution in [3.05, 3.63) is 42.2 Å². The Balaban J connectivity index is 1.27. The number of aromatic nitrogens is 3. The molecule has 0 aliphatic carbocycles. The molecule has 15 heteroatoms. The highest BCUT2D eigenvalue weighted by Crippen LogP contribution is 2.35. The zero-order valence-corrected chi connectivity index (χ0v) is 26.8. The molecule has 1 amide bonds. The van der Waals surface area contributed by atoms with E-state index in [1.807, 2.05) is 18.2 Å². The Hall–Kier alpha value is -3.82. The summed E-state index contributed by atoms with van der Waals surface area (Å²) in [5.74, 6) is 2.33. The third-order valence-electron chi connectivity index (χ3n) is 8.10. The zero-order valence-electron chi connectivity index (χ0n) is 26.0. The van der Waals surface area contributed by atoms with Gasteiger partial charge in [0.1, 0.15) is 48.4 Å². The molecule has 244 valence electrons. The average molecular weight is 647 g/mol. The van der Waals surface area contributed by atoms with E-state index in [9.17, 15) is 13.2 Å². The summed E-state index contributed by atoms with van der Waals surface area (Å²) in [6.07, 6.45) is 2.94. The molecule has 0 unspecified atom stereocenters. The van der Waals surface area contributed by atoms with Crippen LogP contribution in [-0.2, 0) is 23.8 Å². The van der Waals surface area contributed by atoms with E-state index in [-0.39, 0.29) is 44.4 Å². The number of hydrogen-bond donors (Lipinski definition) is 1. The Bertz CT molecular complexity index is 1640. The summed E-state index contributed by atoms with van der Waals surface area (Å²) in [6.45, 7) is 6.72. The number of carbonyl (C=O) groups is 1. The molecule has 3 atom stereocenters. The maximum Gasteiger partial charge on any atom is 0.410 e. The van der Waals surface area contributed by atoms with Gasteiger partial charge in [-0.3, -0.25) is 4.18 Å². The Labute approximate surface area is 262 Å². The Kier molecular flexibility index (Phi) is 9.60. The largest absolute Gasteiger partial charge is 0.491 e. The van der Waals surface area contributed by atoms with Gasteiger partial charge in [0.2, 0.25) is 5.95 Å². The monoisotopic (exact) mass is 646 g/mol. The summed E-state index contributed by atoms with van der Waals surface area (Å²) >= 11 is 0. The molecule has 2 aromatic heterocycles. The van der Waals surface area contributed by atoms with Gasteiger partial charge in [0.25, 0.3) is 10.1 Å². The van der Waals surface area contributed by atoms with Crippen molar-refractivity contribution >= 4 is 44.6 Å². The number of nitrogens with zero attached hydrogens (tertiary/aromatic N) is 5. The summed E-state index contributed by atoms with van der Waals surface area (Å²) < 4.78 is 59.3. The smallest absolute Gasteiger partial charge is 0.410 e. The number of carbonyl (C=O) groups excluding carboxylic acids is 1. The standard InChI is InChI=1S/C30H39FN6O7S/c1-19(2)21-6-7-24(41-17-20-18-42-29(38)36(20)4)23-15-33-27(14-22(21)23)34-26-8-10-32-28(35-26)37-11-9-30(3,25(31)16-37)43-12-13-44-45(5,39)40/h6-8,10,14-15,19-20,25H,9,11-13,16-18H2,1-5H3,(H,32,33,34,35)/t20-,25+,30-/m1/s1. The van der Waals surface area contributed by atoms with Gasteiger partial charge in [-0.2, -0.15) is 13.4 Å². The molecule has 2 saturated heterocycles. The molecule has 13 nitrogen and oxygen atoms in total. The van der Waals surface area contributed by atoms with Crippen LogP contribution in [-0.4, -0.2) is 105 Å². The van der Waals surface area contributed by atoms with Gasteiger partial charge < -0.3 is 29.3 Å². The molecule has 2 fully saturated rings. The number of anilines is 3. The predicted molar refractivity (Wildman–Crippen MR) is 166 cm³/mol. The highest BCUT2D eigenvalue weighted by atomic mass is 32.2. The Morgan fingerprint density at radius 1 is 1.18 bits per heavy atom. The zero-order chi connectivity index (χ0) is 32.4. The minimum Gasteiger partial charge on any atom is -0.491 e. The van der Waals surface area contributed by atoms with Gasteiger partial charge in [-0.05, 0) is 48.4 Å². The van der Waals surface area contributed by atoms with Crippen LogP contribution in [0.15, 0.2) is 36.7 Å². The fourth-order valence-corrected chi connectivity index (χ4v) is 5.68. The maximum atomic E-state index is 15.3. The van der Waals surface area contributed by atoms with Gasteiger partial charge in [-0.25, -0.2) is 19.2 Å². The number of ether oxygens (including phenoxy) is 3. The van der Waals surface area contributed by atoms with Crippen molar-refractivity contribution in [1.29, 1.82) is 0 Å². The highest BCUT2D eigenvalue weighted by Gasteiger charge is 2.41. The molecular formula is C30H39FN6O7S. The Morgan fingerprint density at radius 3 is 2.67 bits per heavy atom. The van der Waals surface area contributed by atoms with Crippen LogP contribution in [0.1, 0.15) is 38.7 Å². The van der Waals surface area contributed by atoms with Gasteiger partial charge in [-0.1, -0.05) is 19.9 Å². The van der Waals surface area contributed by atoms with Crippen molar-refractivity contribution < 1.29 is 36.0 Å². The molecule has 0 saturated carbocycles. The van der Waals surface area contributed by atoms with E-state index in [0.29, 0.717) is 42.9 Å². The first kappa shape index (κ1) is 32.6. The van der Waals surface area contributed by atoms with E-state index in [0.717, 1.165) is 22.6 Å². The summed E-state index contributed by atoms with van der Waals surface area (Å²) in [5, 5.41) is 5.07. The minimum atomic E-state index is -3.59. The van der Waals surface area contributed by atoms with Crippen molar-refractivity contribution in [3.63, 3.8) is 0 Å². The first-order chi connectivity index (χ1) is 21.3. The molecular weight excluding hydrogens is 607 g/mol. The fourth-order valence-electron chi connectivity index (χ4n) is 5.31. The number of likely N-dealkylation sites (N-methyl/N-ethyl adjacent to an activating group) is 1. The van der Waals surface area contributed by atoms with Crippen molar-refractivity contribution in [3.8, 4) is 5.75 Å². The lowest BCUT2D eigenvalue weighted by molar-refractivity contribution is -0.0998. The average Bonchev–Trinajstić information content (AvgIpc) is 3.31. The number of rotatable bonds is 12. The number of nitrogens with one attached hydrogen (secondary N) is 1. The molecule has 0 spiro atoms. The predicted octanol–water partition coefficient (Wildman–Crippen LogP) is 4.02. The van der Waals surface area contributed by atoms with Crippen LogP contribution < -0.4 is 15.0 Å². The van der Waals surface area contributed by atoms with E-state index >= 15 is 4.39 Å². The topological polar surface area (TPSA) is 145 Å². The van der Waals surface area contributed by atoms with Gasteiger partial charge >= 0.3 is 6.09 Å². The van der Waals surface area contributed by atoms with Crippen LogP contribution in [0.5, 0.6) is 5.75 Å². The SMILES string of the molecule is CC(C)c1ccc(OC[C@@H]2COC(=O)N2C)c2cnc(Nc3ccnc(N4CC[C@@](C)(OCCOS(C)(=O)=O)[C@@H](F)C4)n3)cc12. The van der Waals surface area contributed by atoms with Crippen molar-refractivity contribution in [1.82, 2.24) is 19.9 Å². The number of cyclic esters (lactones) is 1. The van der Waals surface area contributed by atoms with Crippen LogP contribution in [0.25, 0.3) is 10.8 Å². The molecule has 0 bridgehead atoms. The number of benzene rings is 1. The number of pyridine rings is 1. The van der Waals surface area contributed by atoms with E-state index in [1.165, 1.54) is 4.90 Å². The van der Waals surface area contributed by atoms with E-state index in [4.69, 9.17) is 18.4 Å².